The van der Waals surface area contributed by atoms with Crippen LogP contribution in [0.25, 0.3) is 11.3 Å². The summed E-state index contributed by atoms with van der Waals surface area (Å²) in [6.07, 6.45) is 2.46. The van der Waals surface area contributed by atoms with Gasteiger partial charge in [0.05, 0.1) is 28.9 Å². The number of nitrogens with zero attached hydrogens (tertiary/aromatic N) is 3. The average Bonchev–Trinajstić information content (AvgIpc) is 2.94. The van der Waals surface area contributed by atoms with E-state index in [9.17, 15) is 14.9 Å². The second-order valence-electron chi connectivity index (χ2n) is 4.42. The molecule has 0 radical (unpaired) electrons. The molecule has 21 heavy (non-hydrogen) atoms. The predicted molar refractivity (Wildman–Crippen MR) is 75.9 cm³/mol. The number of nitro groups is 1. The molecule has 0 aliphatic heterocycles. The summed E-state index contributed by atoms with van der Waals surface area (Å²) >= 11 is 0. The molecule has 0 unspecified atom stereocenters. The highest BCUT2D eigenvalue weighted by atomic mass is 16.6. The lowest BCUT2D eigenvalue weighted by molar-refractivity contribution is -0.384. The van der Waals surface area contributed by atoms with E-state index in [1.807, 2.05) is 6.92 Å². The van der Waals surface area contributed by atoms with Gasteiger partial charge in [0, 0.05) is 18.8 Å². The molecule has 0 aliphatic rings. The molecule has 1 aromatic heterocycles. The Morgan fingerprint density at radius 1 is 1.43 bits per heavy atom. The number of nitro benzene ring substituents is 1. The van der Waals surface area contributed by atoms with Gasteiger partial charge in [0.2, 0.25) is 0 Å². The highest BCUT2D eigenvalue weighted by Crippen LogP contribution is 2.31. The number of rotatable bonds is 5. The Hall–Kier alpha value is -2.70. The van der Waals surface area contributed by atoms with Crippen LogP contribution in [0.15, 0.2) is 30.5 Å². The van der Waals surface area contributed by atoms with Crippen LogP contribution < -0.4 is 0 Å². The molecule has 0 aliphatic carbocycles. The van der Waals surface area contributed by atoms with Gasteiger partial charge in [0.15, 0.2) is 0 Å². The van der Waals surface area contributed by atoms with Gasteiger partial charge in [0.1, 0.15) is 0 Å². The van der Waals surface area contributed by atoms with E-state index in [0.717, 1.165) is 6.42 Å². The molecule has 0 atom stereocenters. The summed E-state index contributed by atoms with van der Waals surface area (Å²) in [5, 5.41) is 15.4. The third-order valence-corrected chi connectivity index (χ3v) is 3.04. The molecule has 1 aromatic carbocycles. The van der Waals surface area contributed by atoms with Crippen molar-refractivity contribution >= 4 is 11.7 Å². The summed E-state index contributed by atoms with van der Waals surface area (Å²) in [6, 6.07) is 6.01. The van der Waals surface area contributed by atoms with E-state index in [-0.39, 0.29) is 11.3 Å². The Balaban J connectivity index is 2.55. The van der Waals surface area contributed by atoms with Gasteiger partial charge in [-0.05, 0) is 24.6 Å². The number of carbonyl (C=O) groups is 1. The van der Waals surface area contributed by atoms with Crippen LogP contribution in [0, 0.1) is 10.1 Å². The molecule has 0 N–H and O–H groups in total. The van der Waals surface area contributed by atoms with E-state index in [1.165, 1.54) is 19.2 Å². The number of hydrogen-bond donors (Lipinski definition) is 0. The Morgan fingerprint density at radius 2 is 2.19 bits per heavy atom. The minimum absolute atomic E-state index is 0.143. The van der Waals surface area contributed by atoms with Crippen molar-refractivity contribution in [2.75, 3.05) is 7.11 Å². The molecule has 0 amide bonds. The number of benzene rings is 1. The summed E-state index contributed by atoms with van der Waals surface area (Å²) in [5.41, 5.74) is 1.09. The Bertz CT molecular complexity index is 679. The SMILES string of the molecule is CCCn1nccc1-c1ccc(C(=O)OC)cc1[N+](=O)[O-]. The molecular weight excluding hydrogens is 274 g/mol. The van der Waals surface area contributed by atoms with E-state index in [4.69, 9.17) is 0 Å². The van der Waals surface area contributed by atoms with Gasteiger partial charge in [0.25, 0.3) is 5.69 Å². The minimum Gasteiger partial charge on any atom is -0.465 e. The summed E-state index contributed by atoms with van der Waals surface area (Å²) in [4.78, 5) is 22.3. The molecule has 0 spiro atoms. The van der Waals surface area contributed by atoms with Crippen LogP contribution in [0.1, 0.15) is 23.7 Å². The van der Waals surface area contributed by atoms with Crippen LogP contribution in [0.2, 0.25) is 0 Å². The zero-order valence-electron chi connectivity index (χ0n) is 11.8. The van der Waals surface area contributed by atoms with Gasteiger partial charge in [-0.2, -0.15) is 5.10 Å². The number of ether oxygens (including phenoxy) is 1. The third kappa shape index (κ3) is 2.91. The van der Waals surface area contributed by atoms with Crippen LogP contribution >= 0.6 is 0 Å². The first-order chi connectivity index (χ1) is 10.1. The maximum atomic E-state index is 11.5. The fourth-order valence-corrected chi connectivity index (χ4v) is 2.10. The highest BCUT2D eigenvalue weighted by Gasteiger charge is 2.21. The van der Waals surface area contributed by atoms with Crippen molar-refractivity contribution in [1.82, 2.24) is 9.78 Å². The van der Waals surface area contributed by atoms with Crippen molar-refractivity contribution < 1.29 is 14.5 Å². The first kappa shape index (κ1) is 14.7. The summed E-state index contributed by atoms with van der Waals surface area (Å²) < 4.78 is 6.29. The lowest BCUT2D eigenvalue weighted by Crippen LogP contribution is -2.05. The van der Waals surface area contributed by atoms with Crippen LogP contribution in [0.5, 0.6) is 0 Å². The van der Waals surface area contributed by atoms with Gasteiger partial charge in [-0.3, -0.25) is 14.8 Å². The number of hydrogen-bond acceptors (Lipinski definition) is 5. The topological polar surface area (TPSA) is 87.3 Å². The van der Waals surface area contributed by atoms with Gasteiger partial charge >= 0.3 is 5.97 Å². The van der Waals surface area contributed by atoms with Gasteiger partial charge < -0.3 is 4.74 Å². The van der Waals surface area contributed by atoms with Crippen LogP contribution in [-0.4, -0.2) is 27.8 Å². The minimum atomic E-state index is -0.605. The fraction of sp³-hybridized carbons (Fsp3) is 0.286. The van der Waals surface area contributed by atoms with Gasteiger partial charge in [-0.25, -0.2) is 4.79 Å². The van der Waals surface area contributed by atoms with E-state index >= 15 is 0 Å². The quantitative estimate of drug-likeness (QED) is 0.479. The van der Waals surface area contributed by atoms with Gasteiger partial charge in [-0.1, -0.05) is 6.92 Å². The van der Waals surface area contributed by atoms with E-state index in [1.54, 1.807) is 23.0 Å². The lowest BCUT2D eigenvalue weighted by Gasteiger charge is -2.08. The molecule has 0 fully saturated rings. The van der Waals surface area contributed by atoms with Crippen LogP contribution in [0.3, 0.4) is 0 Å². The van der Waals surface area contributed by atoms with Crippen molar-refractivity contribution in [3.05, 3.63) is 46.1 Å². The highest BCUT2D eigenvalue weighted by molar-refractivity contribution is 5.91. The standard InChI is InChI=1S/C14H15N3O4/c1-3-8-16-12(6-7-15-16)11-5-4-10(14(18)21-2)9-13(11)17(19)20/h4-7,9H,3,8H2,1-2H3. The van der Waals surface area contributed by atoms with Crippen molar-refractivity contribution in [3.8, 4) is 11.3 Å². The second-order valence-corrected chi connectivity index (χ2v) is 4.42. The van der Waals surface area contributed by atoms with Crippen molar-refractivity contribution in [2.45, 2.75) is 19.9 Å². The number of esters is 1. The van der Waals surface area contributed by atoms with Crippen molar-refractivity contribution in [2.24, 2.45) is 0 Å². The number of methoxy groups -OCH3 is 1. The number of aryl methyl sites for hydroxylation is 1. The van der Waals surface area contributed by atoms with Crippen molar-refractivity contribution in [1.29, 1.82) is 0 Å². The first-order valence-electron chi connectivity index (χ1n) is 6.47. The van der Waals surface area contributed by atoms with Crippen LogP contribution in [-0.2, 0) is 11.3 Å². The average molecular weight is 289 g/mol. The Labute approximate surface area is 121 Å². The molecule has 0 bridgehead atoms. The first-order valence-corrected chi connectivity index (χ1v) is 6.47. The Morgan fingerprint density at radius 3 is 2.81 bits per heavy atom. The molecule has 0 saturated heterocycles. The number of aromatic nitrogens is 2. The summed E-state index contributed by atoms with van der Waals surface area (Å²) in [6.45, 7) is 2.67. The molecular formula is C14H15N3O4. The maximum absolute atomic E-state index is 11.5. The summed E-state index contributed by atoms with van der Waals surface area (Å²) in [7, 11) is 1.23. The monoisotopic (exact) mass is 289 g/mol. The molecule has 2 aromatic rings. The largest absolute Gasteiger partial charge is 0.465 e. The molecule has 7 nitrogen and oxygen atoms in total. The van der Waals surface area contributed by atoms with Crippen LogP contribution in [0.4, 0.5) is 5.69 Å². The van der Waals surface area contributed by atoms with E-state index in [2.05, 4.69) is 9.84 Å². The van der Waals surface area contributed by atoms with Gasteiger partial charge in [-0.15, -0.1) is 0 Å². The summed E-state index contributed by atoms with van der Waals surface area (Å²) in [5.74, 6) is -0.605. The second kappa shape index (κ2) is 6.17. The lowest BCUT2D eigenvalue weighted by atomic mass is 10.1. The Kier molecular flexibility index (Phi) is 4.32. The smallest absolute Gasteiger partial charge is 0.338 e. The van der Waals surface area contributed by atoms with Crippen molar-refractivity contribution in [3.63, 3.8) is 0 Å². The maximum Gasteiger partial charge on any atom is 0.338 e. The zero-order chi connectivity index (χ0) is 15.4. The predicted octanol–water partition coefficient (Wildman–Crippen LogP) is 2.65. The molecule has 7 heteroatoms. The molecule has 0 saturated carbocycles. The van der Waals surface area contributed by atoms with E-state index < -0.39 is 10.9 Å². The van der Waals surface area contributed by atoms with E-state index in [0.29, 0.717) is 17.8 Å². The molecule has 1 heterocycles. The molecule has 110 valence electrons. The third-order valence-electron chi connectivity index (χ3n) is 3.04. The normalized spacial score (nSPS) is 10.4. The zero-order valence-corrected chi connectivity index (χ0v) is 11.8. The number of carbonyl (C=O) groups excluding carboxylic acids is 1. The molecule has 2 rings (SSSR count). The fourth-order valence-electron chi connectivity index (χ4n) is 2.10.